The van der Waals surface area contributed by atoms with Crippen LogP contribution in [0, 0.1) is 34.5 Å². The van der Waals surface area contributed by atoms with Crippen molar-refractivity contribution in [2.24, 2.45) is 0 Å². The maximum Gasteiger partial charge on any atom is 0.0991 e. The molecule has 0 aliphatic heterocycles. The van der Waals surface area contributed by atoms with Crippen LogP contribution in [-0.2, 0) is 0 Å². The molecule has 0 amide bonds. The molecule has 0 atom stereocenters. The molecule has 0 aromatic heterocycles. The Bertz CT molecular complexity index is 418. The van der Waals surface area contributed by atoms with Gasteiger partial charge in [0.1, 0.15) is 0 Å². The molecule has 1 aromatic rings. The minimum atomic E-state index is 0.236. The van der Waals surface area contributed by atoms with Crippen LogP contribution in [0.4, 0.5) is 0 Å². The third kappa shape index (κ3) is 2.70. The fourth-order valence-corrected chi connectivity index (χ4v) is 0.814. The lowest BCUT2D eigenvalue weighted by atomic mass is 10.1. The van der Waals surface area contributed by atoms with Gasteiger partial charge < -0.3 is 0 Å². The van der Waals surface area contributed by atoms with E-state index in [0.717, 1.165) is 5.56 Å². The highest BCUT2D eigenvalue weighted by atomic mass is 14.2. The molecule has 0 fully saturated rings. The number of benzene rings is 1. The Labute approximate surface area is 77.0 Å². The Kier molecular flexibility index (Phi) is 3.13. The minimum Gasteiger partial charge on any atom is -0.197 e. The predicted octanol–water partition coefficient (Wildman–Crippen LogP) is 1.82. The third-order valence-electron chi connectivity index (χ3n) is 1.41. The number of hydrogen-bond acceptors (Lipinski definition) is 2. The summed E-state index contributed by atoms with van der Waals surface area (Å²) < 4.78 is 0. The van der Waals surface area contributed by atoms with E-state index in [1.165, 1.54) is 0 Å². The van der Waals surface area contributed by atoms with E-state index in [9.17, 15) is 0 Å². The van der Waals surface area contributed by atoms with E-state index < -0.39 is 0 Å². The van der Waals surface area contributed by atoms with Gasteiger partial charge in [-0.3, -0.25) is 0 Å². The van der Waals surface area contributed by atoms with Gasteiger partial charge in [0.2, 0.25) is 0 Å². The molecular formula is C11H6N2. The van der Waals surface area contributed by atoms with Crippen molar-refractivity contribution in [3.05, 3.63) is 35.4 Å². The quantitative estimate of drug-likeness (QED) is 0.552. The van der Waals surface area contributed by atoms with Crippen LogP contribution in [0.15, 0.2) is 24.3 Å². The van der Waals surface area contributed by atoms with E-state index >= 15 is 0 Å². The number of nitrogens with zero attached hydrogens (tertiary/aromatic N) is 2. The molecule has 0 aliphatic carbocycles. The smallest absolute Gasteiger partial charge is 0.0991 e. The van der Waals surface area contributed by atoms with Crippen LogP contribution >= 0.6 is 0 Å². The second kappa shape index (κ2) is 4.60. The number of rotatable bonds is 0. The first-order chi connectivity index (χ1) is 6.36. The van der Waals surface area contributed by atoms with Gasteiger partial charge in [-0.2, -0.15) is 10.5 Å². The molecule has 0 unspecified atom stereocenters. The normalized spacial score (nSPS) is 7.54. The topological polar surface area (TPSA) is 47.6 Å². The summed E-state index contributed by atoms with van der Waals surface area (Å²) in [6.45, 7) is 0. The molecule has 1 rings (SSSR count). The van der Waals surface area contributed by atoms with Gasteiger partial charge in [-0.05, 0) is 24.3 Å². The molecule has 2 nitrogen and oxygen atoms in total. The van der Waals surface area contributed by atoms with Crippen LogP contribution < -0.4 is 0 Å². The number of hydrogen-bond donors (Lipinski definition) is 0. The molecule has 0 radical (unpaired) electrons. The predicted molar refractivity (Wildman–Crippen MR) is 48.3 cm³/mol. The van der Waals surface area contributed by atoms with Gasteiger partial charge in [0.25, 0.3) is 0 Å². The lowest BCUT2D eigenvalue weighted by Crippen LogP contribution is -1.75. The molecule has 0 spiro atoms. The lowest BCUT2D eigenvalue weighted by Gasteiger charge is -1.88. The van der Waals surface area contributed by atoms with Crippen LogP contribution in [0.3, 0.4) is 0 Å². The van der Waals surface area contributed by atoms with Crippen LogP contribution in [-0.4, -0.2) is 0 Å². The highest BCUT2D eigenvalue weighted by molar-refractivity contribution is 5.39. The molecule has 60 valence electrons. The van der Waals surface area contributed by atoms with Gasteiger partial charge in [-0.15, -0.1) is 0 Å². The number of nitriles is 2. The Balaban J connectivity index is 2.80. The van der Waals surface area contributed by atoms with Crippen molar-refractivity contribution in [1.29, 1.82) is 10.5 Å². The van der Waals surface area contributed by atoms with Crippen LogP contribution in [0.25, 0.3) is 0 Å². The maximum absolute atomic E-state index is 8.51. The SMILES string of the molecule is N#CCC#Cc1ccc(C#N)cc1. The Morgan fingerprint density at radius 3 is 2.15 bits per heavy atom. The van der Waals surface area contributed by atoms with Crippen molar-refractivity contribution >= 4 is 0 Å². The fourth-order valence-electron chi connectivity index (χ4n) is 0.814. The van der Waals surface area contributed by atoms with Gasteiger partial charge in [0.05, 0.1) is 24.1 Å². The molecule has 0 saturated carbocycles. The van der Waals surface area contributed by atoms with E-state index in [-0.39, 0.29) is 6.42 Å². The van der Waals surface area contributed by atoms with Crippen molar-refractivity contribution < 1.29 is 0 Å². The summed E-state index contributed by atoms with van der Waals surface area (Å²) in [4.78, 5) is 0. The second-order valence-corrected chi connectivity index (χ2v) is 2.33. The first-order valence-electron chi connectivity index (χ1n) is 3.73. The molecule has 13 heavy (non-hydrogen) atoms. The molecular weight excluding hydrogens is 160 g/mol. The first kappa shape index (κ1) is 8.85. The third-order valence-corrected chi connectivity index (χ3v) is 1.41. The van der Waals surface area contributed by atoms with Gasteiger partial charge in [0, 0.05) is 5.56 Å². The maximum atomic E-state index is 8.51. The van der Waals surface area contributed by atoms with Crippen molar-refractivity contribution in [2.45, 2.75) is 6.42 Å². The van der Waals surface area contributed by atoms with Gasteiger partial charge in [-0.1, -0.05) is 11.8 Å². The molecule has 0 aliphatic rings. The monoisotopic (exact) mass is 166 g/mol. The van der Waals surface area contributed by atoms with E-state index in [4.69, 9.17) is 10.5 Å². The molecule has 0 N–H and O–H groups in total. The zero-order valence-corrected chi connectivity index (χ0v) is 6.91. The van der Waals surface area contributed by atoms with Crippen molar-refractivity contribution in [1.82, 2.24) is 0 Å². The lowest BCUT2D eigenvalue weighted by molar-refractivity contribution is 1.39. The summed E-state index contributed by atoms with van der Waals surface area (Å²) in [5, 5.41) is 16.7. The van der Waals surface area contributed by atoms with E-state index in [1.54, 1.807) is 24.3 Å². The zero-order valence-electron chi connectivity index (χ0n) is 6.91. The molecule has 0 heterocycles. The van der Waals surface area contributed by atoms with E-state index in [1.807, 2.05) is 12.1 Å². The van der Waals surface area contributed by atoms with Crippen molar-refractivity contribution in [3.8, 4) is 24.0 Å². The van der Waals surface area contributed by atoms with Gasteiger partial charge >= 0.3 is 0 Å². The Morgan fingerprint density at radius 1 is 1.00 bits per heavy atom. The largest absolute Gasteiger partial charge is 0.197 e. The Morgan fingerprint density at radius 2 is 1.62 bits per heavy atom. The minimum absolute atomic E-state index is 0.236. The van der Waals surface area contributed by atoms with Crippen LogP contribution in [0.2, 0.25) is 0 Å². The molecule has 0 saturated heterocycles. The van der Waals surface area contributed by atoms with Crippen LogP contribution in [0.1, 0.15) is 17.5 Å². The summed E-state index contributed by atoms with van der Waals surface area (Å²) in [6.07, 6.45) is 0.236. The van der Waals surface area contributed by atoms with Crippen LogP contribution in [0.5, 0.6) is 0 Å². The molecule has 2 heteroatoms. The summed E-state index contributed by atoms with van der Waals surface area (Å²) >= 11 is 0. The summed E-state index contributed by atoms with van der Waals surface area (Å²) in [6, 6.07) is 10.9. The summed E-state index contributed by atoms with van der Waals surface area (Å²) in [5.74, 6) is 5.51. The highest BCUT2D eigenvalue weighted by Crippen LogP contribution is 2.01. The second-order valence-electron chi connectivity index (χ2n) is 2.33. The van der Waals surface area contributed by atoms with Gasteiger partial charge in [0.15, 0.2) is 0 Å². The van der Waals surface area contributed by atoms with Gasteiger partial charge in [-0.25, -0.2) is 0 Å². The average Bonchev–Trinajstić information content (AvgIpc) is 2.19. The van der Waals surface area contributed by atoms with Crippen molar-refractivity contribution in [3.63, 3.8) is 0 Å². The Hall–Kier alpha value is -2.24. The standard InChI is InChI=1S/C11H6N2/c12-8-2-1-3-10-4-6-11(9-13)7-5-10/h4-7H,2H2. The zero-order chi connectivity index (χ0) is 9.52. The molecule has 0 bridgehead atoms. The fraction of sp³-hybridized carbons (Fsp3) is 0.0909. The van der Waals surface area contributed by atoms with Crippen molar-refractivity contribution in [2.75, 3.05) is 0 Å². The first-order valence-corrected chi connectivity index (χ1v) is 3.73. The molecule has 1 aromatic carbocycles. The van der Waals surface area contributed by atoms with E-state index in [0.29, 0.717) is 5.56 Å². The average molecular weight is 166 g/mol. The summed E-state index contributed by atoms with van der Waals surface area (Å²) in [5.41, 5.74) is 1.44. The highest BCUT2D eigenvalue weighted by Gasteiger charge is 1.88. The van der Waals surface area contributed by atoms with E-state index in [2.05, 4.69) is 11.8 Å². The summed E-state index contributed by atoms with van der Waals surface area (Å²) in [7, 11) is 0.